The summed E-state index contributed by atoms with van der Waals surface area (Å²) in [4.78, 5) is 12.1. The highest BCUT2D eigenvalue weighted by molar-refractivity contribution is 5.62. The van der Waals surface area contributed by atoms with E-state index in [1.807, 2.05) is 11.9 Å². The Morgan fingerprint density at radius 3 is 2.65 bits per heavy atom. The predicted octanol–water partition coefficient (Wildman–Crippen LogP) is 1.69. The number of nitrogens with zero attached hydrogens (tertiary/aromatic N) is 2. The average molecular weight is 240 g/mol. The van der Waals surface area contributed by atoms with Crippen LogP contribution in [-0.4, -0.2) is 39.3 Å². The van der Waals surface area contributed by atoms with Crippen LogP contribution in [0.5, 0.6) is 5.75 Å². The van der Waals surface area contributed by atoms with Gasteiger partial charge in [-0.15, -0.1) is 0 Å². The number of rotatable bonds is 6. The lowest BCUT2D eigenvalue weighted by Crippen LogP contribution is -2.22. The van der Waals surface area contributed by atoms with Gasteiger partial charge in [-0.05, 0) is 6.07 Å². The lowest BCUT2D eigenvalue weighted by atomic mass is 10.2. The van der Waals surface area contributed by atoms with Crippen LogP contribution in [0, 0.1) is 10.1 Å². The molecule has 0 aromatic heterocycles. The summed E-state index contributed by atoms with van der Waals surface area (Å²) in [5.41, 5.74) is 0.820. The third kappa shape index (κ3) is 3.32. The number of benzene rings is 1. The molecule has 0 aliphatic rings. The van der Waals surface area contributed by atoms with Gasteiger partial charge in [-0.25, -0.2) is 0 Å². The van der Waals surface area contributed by atoms with Gasteiger partial charge >= 0.3 is 0 Å². The minimum absolute atomic E-state index is 0.0192. The molecule has 6 heteroatoms. The first-order valence-corrected chi connectivity index (χ1v) is 5.12. The Morgan fingerprint density at radius 2 is 2.12 bits per heavy atom. The van der Waals surface area contributed by atoms with E-state index in [2.05, 4.69) is 0 Å². The maximum absolute atomic E-state index is 10.6. The van der Waals surface area contributed by atoms with Crippen LogP contribution in [0.1, 0.15) is 0 Å². The Hall–Kier alpha value is -1.82. The summed E-state index contributed by atoms with van der Waals surface area (Å²) in [6.07, 6.45) is 0. The summed E-state index contributed by atoms with van der Waals surface area (Å²) in [6.45, 7) is 1.27. The number of hydrogen-bond donors (Lipinski definition) is 0. The van der Waals surface area contributed by atoms with Gasteiger partial charge in [0.05, 0.1) is 30.4 Å². The van der Waals surface area contributed by atoms with Crippen LogP contribution in [0.15, 0.2) is 18.2 Å². The molecular formula is C11H16N2O4. The lowest BCUT2D eigenvalue weighted by molar-refractivity contribution is -0.384. The van der Waals surface area contributed by atoms with E-state index in [4.69, 9.17) is 9.47 Å². The number of ether oxygens (including phenoxy) is 2. The molecule has 0 saturated carbocycles. The van der Waals surface area contributed by atoms with E-state index >= 15 is 0 Å². The summed E-state index contributed by atoms with van der Waals surface area (Å²) in [5.74, 6) is 0.484. The highest BCUT2D eigenvalue weighted by atomic mass is 16.6. The van der Waals surface area contributed by atoms with Crippen LogP contribution in [0.25, 0.3) is 0 Å². The smallest absolute Gasteiger partial charge is 0.273 e. The monoisotopic (exact) mass is 240 g/mol. The molecule has 0 spiro atoms. The van der Waals surface area contributed by atoms with Gasteiger partial charge < -0.3 is 14.4 Å². The van der Waals surface area contributed by atoms with Gasteiger partial charge in [0.2, 0.25) is 0 Å². The highest BCUT2D eigenvalue weighted by Gasteiger charge is 2.13. The van der Waals surface area contributed by atoms with Gasteiger partial charge in [0.15, 0.2) is 0 Å². The second kappa shape index (κ2) is 6.05. The molecule has 0 saturated heterocycles. The van der Waals surface area contributed by atoms with E-state index in [1.165, 1.54) is 19.2 Å². The topological polar surface area (TPSA) is 64.8 Å². The second-order valence-corrected chi connectivity index (χ2v) is 3.53. The van der Waals surface area contributed by atoms with Crippen molar-refractivity contribution in [2.45, 2.75) is 0 Å². The molecule has 0 aliphatic heterocycles. The minimum atomic E-state index is -0.443. The molecule has 0 N–H and O–H groups in total. The number of nitro groups is 1. The first-order valence-electron chi connectivity index (χ1n) is 5.12. The zero-order chi connectivity index (χ0) is 12.8. The molecule has 0 amide bonds. The molecule has 0 fully saturated rings. The summed E-state index contributed by atoms with van der Waals surface area (Å²) >= 11 is 0. The van der Waals surface area contributed by atoms with Crippen molar-refractivity contribution in [1.82, 2.24) is 0 Å². The molecule has 0 aliphatic carbocycles. The molecule has 6 nitrogen and oxygen atoms in total. The van der Waals surface area contributed by atoms with E-state index in [0.717, 1.165) is 5.69 Å². The number of likely N-dealkylation sites (N-methyl/N-ethyl adjacent to an activating group) is 1. The molecule has 17 heavy (non-hydrogen) atoms. The molecule has 1 aromatic carbocycles. The Labute approximate surface area is 99.9 Å². The zero-order valence-corrected chi connectivity index (χ0v) is 10.2. The van der Waals surface area contributed by atoms with Crippen molar-refractivity contribution in [3.05, 3.63) is 28.3 Å². The molecule has 0 bridgehead atoms. The lowest BCUT2D eigenvalue weighted by Gasteiger charge is -2.20. The fourth-order valence-corrected chi connectivity index (χ4v) is 1.44. The van der Waals surface area contributed by atoms with Gasteiger partial charge in [0.25, 0.3) is 5.69 Å². The molecule has 1 rings (SSSR count). The minimum Gasteiger partial charge on any atom is -0.494 e. The van der Waals surface area contributed by atoms with Gasteiger partial charge in [-0.1, -0.05) is 0 Å². The van der Waals surface area contributed by atoms with Crippen LogP contribution in [0.4, 0.5) is 11.4 Å². The van der Waals surface area contributed by atoms with Crippen molar-refractivity contribution >= 4 is 11.4 Å². The van der Waals surface area contributed by atoms with Gasteiger partial charge in [-0.3, -0.25) is 10.1 Å². The normalized spacial score (nSPS) is 10.1. The predicted molar refractivity (Wildman–Crippen MR) is 64.8 cm³/mol. The Morgan fingerprint density at radius 1 is 1.41 bits per heavy atom. The summed E-state index contributed by atoms with van der Waals surface area (Å²) in [6, 6.07) is 4.55. The third-order valence-electron chi connectivity index (χ3n) is 2.42. The van der Waals surface area contributed by atoms with Crippen molar-refractivity contribution in [3.8, 4) is 5.75 Å². The SMILES string of the molecule is COCCN(C)c1ccc([N+](=O)[O-])cc1OC. The number of nitro benzene ring substituents is 1. The Kier molecular flexibility index (Phi) is 4.71. The zero-order valence-electron chi connectivity index (χ0n) is 10.2. The van der Waals surface area contributed by atoms with E-state index < -0.39 is 4.92 Å². The molecule has 1 aromatic rings. The Balaban J connectivity index is 2.95. The highest BCUT2D eigenvalue weighted by Crippen LogP contribution is 2.31. The van der Waals surface area contributed by atoms with Crippen molar-refractivity contribution in [1.29, 1.82) is 0 Å². The van der Waals surface area contributed by atoms with Crippen molar-refractivity contribution in [2.24, 2.45) is 0 Å². The molecule has 0 radical (unpaired) electrons. The van der Waals surface area contributed by atoms with Crippen molar-refractivity contribution < 1.29 is 14.4 Å². The first kappa shape index (κ1) is 13.2. The van der Waals surface area contributed by atoms with Crippen LogP contribution >= 0.6 is 0 Å². The van der Waals surface area contributed by atoms with E-state index in [9.17, 15) is 10.1 Å². The largest absolute Gasteiger partial charge is 0.494 e. The van der Waals surface area contributed by atoms with Crippen molar-refractivity contribution in [2.75, 3.05) is 39.3 Å². The fraction of sp³-hybridized carbons (Fsp3) is 0.455. The molecule has 0 atom stereocenters. The van der Waals surface area contributed by atoms with Crippen LogP contribution in [0.2, 0.25) is 0 Å². The third-order valence-corrected chi connectivity index (χ3v) is 2.42. The number of methoxy groups -OCH3 is 2. The van der Waals surface area contributed by atoms with Crippen LogP contribution in [-0.2, 0) is 4.74 Å². The molecule has 94 valence electrons. The quantitative estimate of drug-likeness (QED) is 0.559. The standard InChI is InChI=1S/C11H16N2O4/c1-12(6-7-16-2)10-5-4-9(13(14)15)8-11(10)17-3/h4-5,8H,6-7H2,1-3H3. The fourth-order valence-electron chi connectivity index (χ4n) is 1.44. The van der Waals surface area contributed by atoms with Gasteiger partial charge in [-0.2, -0.15) is 0 Å². The number of hydrogen-bond acceptors (Lipinski definition) is 5. The van der Waals surface area contributed by atoms with E-state index in [-0.39, 0.29) is 5.69 Å². The first-order chi connectivity index (χ1) is 8.10. The number of anilines is 1. The van der Waals surface area contributed by atoms with E-state index in [1.54, 1.807) is 13.2 Å². The average Bonchev–Trinajstić information content (AvgIpc) is 2.34. The number of non-ortho nitro benzene ring substituents is 1. The van der Waals surface area contributed by atoms with Gasteiger partial charge in [0, 0.05) is 26.8 Å². The summed E-state index contributed by atoms with van der Waals surface area (Å²) in [5, 5.41) is 10.6. The second-order valence-electron chi connectivity index (χ2n) is 3.53. The molecule has 0 unspecified atom stereocenters. The van der Waals surface area contributed by atoms with Crippen LogP contribution in [0.3, 0.4) is 0 Å². The van der Waals surface area contributed by atoms with Crippen molar-refractivity contribution in [3.63, 3.8) is 0 Å². The summed E-state index contributed by atoms with van der Waals surface area (Å²) in [7, 11) is 5.00. The maximum atomic E-state index is 10.6. The van der Waals surface area contributed by atoms with E-state index in [0.29, 0.717) is 18.9 Å². The van der Waals surface area contributed by atoms with Crippen LogP contribution < -0.4 is 9.64 Å². The molecule has 0 heterocycles. The van der Waals surface area contributed by atoms with Gasteiger partial charge in [0.1, 0.15) is 5.75 Å². The summed E-state index contributed by atoms with van der Waals surface area (Å²) < 4.78 is 10.1. The molecular weight excluding hydrogens is 224 g/mol. The maximum Gasteiger partial charge on any atom is 0.273 e. The Bertz CT molecular complexity index is 395.